The van der Waals surface area contributed by atoms with Gasteiger partial charge in [-0.15, -0.1) is 0 Å². The fourth-order valence-electron chi connectivity index (χ4n) is 4.31. The monoisotopic (exact) mass is 482 g/mol. The van der Waals surface area contributed by atoms with Crippen LogP contribution in [0.5, 0.6) is 11.5 Å². The fraction of sp³-hybridized carbons (Fsp3) is 0.320. The predicted molar refractivity (Wildman–Crippen MR) is 128 cm³/mol. The summed E-state index contributed by atoms with van der Waals surface area (Å²) in [6.45, 7) is 6.69. The van der Waals surface area contributed by atoms with Crippen LogP contribution in [0.15, 0.2) is 54.7 Å². The molecule has 4 rings (SSSR count). The number of carboxylic acid groups (broad SMARTS) is 1. The van der Waals surface area contributed by atoms with Gasteiger partial charge in [0.05, 0.1) is 0 Å². The van der Waals surface area contributed by atoms with Crippen LogP contribution in [0.3, 0.4) is 0 Å². The minimum Gasteiger partial charge on any atom is -0.476 e. The Morgan fingerprint density at radius 3 is 2.65 bits per heavy atom. The van der Waals surface area contributed by atoms with Gasteiger partial charge < -0.3 is 9.84 Å². The van der Waals surface area contributed by atoms with Gasteiger partial charge in [0.2, 0.25) is 0 Å². The molecule has 1 aliphatic heterocycles. The van der Waals surface area contributed by atoms with Crippen LogP contribution in [-0.2, 0) is 11.3 Å². The van der Waals surface area contributed by atoms with Crippen molar-refractivity contribution >= 4 is 23.9 Å². The zero-order valence-electron chi connectivity index (χ0n) is 19.1. The van der Waals surface area contributed by atoms with Crippen molar-refractivity contribution in [2.24, 2.45) is 0 Å². The lowest BCUT2D eigenvalue weighted by atomic mass is 10.1. The molecule has 2 atom stereocenters. The Kier molecular flexibility index (Phi) is 7.31. The molecule has 2 heterocycles. The molecule has 1 unspecified atom stereocenters. The summed E-state index contributed by atoms with van der Waals surface area (Å²) in [7, 11) is 0. The Bertz CT molecular complexity index is 1160. The van der Waals surface area contributed by atoms with E-state index in [-0.39, 0.29) is 11.7 Å². The fourth-order valence-corrected chi connectivity index (χ4v) is 4.44. The van der Waals surface area contributed by atoms with Gasteiger partial charge in [-0.1, -0.05) is 23.7 Å². The van der Waals surface area contributed by atoms with Gasteiger partial charge in [0.1, 0.15) is 11.5 Å². The van der Waals surface area contributed by atoms with Gasteiger partial charge in [0, 0.05) is 49.0 Å². The summed E-state index contributed by atoms with van der Waals surface area (Å²) in [5, 5.41) is 14.1. The number of carbonyl (C=O) groups is 2. The number of aromatic carboxylic acids is 1. The Hall–Kier alpha value is -3.20. The molecule has 8 nitrogen and oxygen atoms in total. The predicted octanol–water partition coefficient (Wildman–Crippen LogP) is 4.24. The van der Waals surface area contributed by atoms with Crippen molar-refractivity contribution in [2.75, 3.05) is 19.6 Å². The molecular weight excluding hydrogens is 456 g/mol. The minimum atomic E-state index is -1.10. The molecule has 178 valence electrons. The van der Waals surface area contributed by atoms with Crippen molar-refractivity contribution in [2.45, 2.75) is 32.6 Å². The van der Waals surface area contributed by atoms with Gasteiger partial charge in [-0.05, 0) is 55.8 Å². The van der Waals surface area contributed by atoms with E-state index in [1.165, 1.54) is 4.68 Å². The third-order valence-electron chi connectivity index (χ3n) is 5.97. The molecule has 1 aromatic heterocycles. The third kappa shape index (κ3) is 5.47. The maximum absolute atomic E-state index is 11.9. The number of piperazine rings is 1. The number of aryl methyl sites for hydroxylation is 1. The number of hydrogen-bond acceptors (Lipinski definition) is 6. The molecule has 0 saturated carbocycles. The first kappa shape index (κ1) is 23.9. The van der Waals surface area contributed by atoms with Gasteiger partial charge in [-0.2, -0.15) is 5.10 Å². The molecule has 0 radical (unpaired) electrons. The van der Waals surface area contributed by atoms with E-state index in [1.54, 1.807) is 25.3 Å². The molecule has 1 saturated heterocycles. The van der Waals surface area contributed by atoms with Gasteiger partial charge in [-0.25, -0.2) is 9.48 Å². The van der Waals surface area contributed by atoms with E-state index in [0.29, 0.717) is 17.1 Å². The van der Waals surface area contributed by atoms with Crippen LogP contribution in [0.1, 0.15) is 34.7 Å². The van der Waals surface area contributed by atoms with Crippen molar-refractivity contribution in [3.8, 4) is 11.5 Å². The number of aromatic nitrogens is 2. The van der Waals surface area contributed by atoms with E-state index in [1.807, 2.05) is 30.3 Å². The second kappa shape index (κ2) is 10.4. The molecule has 34 heavy (non-hydrogen) atoms. The molecule has 0 spiro atoms. The van der Waals surface area contributed by atoms with Crippen molar-refractivity contribution in [1.82, 2.24) is 19.6 Å². The summed E-state index contributed by atoms with van der Waals surface area (Å²) in [5.74, 6) is 0.389. The summed E-state index contributed by atoms with van der Waals surface area (Å²) >= 11 is 5.94. The molecule has 9 heteroatoms. The lowest BCUT2D eigenvalue weighted by Crippen LogP contribution is -2.54. The van der Waals surface area contributed by atoms with Crippen molar-refractivity contribution < 1.29 is 19.4 Å². The van der Waals surface area contributed by atoms with E-state index in [2.05, 4.69) is 27.9 Å². The Labute approximate surface area is 203 Å². The molecule has 1 N–H and O–H groups in total. The average molecular weight is 483 g/mol. The van der Waals surface area contributed by atoms with Crippen LogP contribution in [0.2, 0.25) is 5.02 Å². The normalized spacial score (nSPS) is 17.9. The number of halogens is 1. The summed E-state index contributed by atoms with van der Waals surface area (Å²) in [6, 6.07) is 15.3. The van der Waals surface area contributed by atoms with E-state index < -0.39 is 12.1 Å². The highest BCUT2D eigenvalue weighted by Gasteiger charge is 2.31. The van der Waals surface area contributed by atoms with E-state index in [9.17, 15) is 14.7 Å². The first-order valence-electron chi connectivity index (χ1n) is 11.1. The van der Waals surface area contributed by atoms with Crippen LogP contribution in [0.4, 0.5) is 0 Å². The SMILES string of the molecule is Cc1cn(C(C=O)N2CCN(Cc3cccc(Oc4ccc(Cl)cc4)c3)C[C@@H]2C)nc1C(=O)O. The Morgan fingerprint density at radius 1 is 1.24 bits per heavy atom. The highest BCUT2D eigenvalue weighted by molar-refractivity contribution is 6.30. The van der Waals surface area contributed by atoms with Gasteiger partial charge in [-0.3, -0.25) is 14.6 Å². The van der Waals surface area contributed by atoms with Gasteiger partial charge in [0.15, 0.2) is 18.1 Å². The quantitative estimate of drug-likeness (QED) is 0.480. The second-order valence-corrected chi connectivity index (χ2v) is 8.96. The maximum Gasteiger partial charge on any atom is 0.356 e. The number of hydrogen-bond donors (Lipinski definition) is 1. The summed E-state index contributed by atoms with van der Waals surface area (Å²) in [5.41, 5.74) is 1.64. The Morgan fingerprint density at radius 2 is 2.00 bits per heavy atom. The molecule has 0 amide bonds. The molecule has 1 aliphatic rings. The van der Waals surface area contributed by atoms with Crippen LogP contribution in [-0.4, -0.2) is 62.6 Å². The van der Waals surface area contributed by atoms with Crippen molar-refractivity contribution in [3.05, 3.63) is 76.6 Å². The second-order valence-electron chi connectivity index (χ2n) is 8.52. The van der Waals surface area contributed by atoms with Crippen LogP contribution < -0.4 is 4.74 Å². The smallest absolute Gasteiger partial charge is 0.356 e. The number of ether oxygens (including phenoxy) is 1. The van der Waals surface area contributed by atoms with Crippen LogP contribution in [0, 0.1) is 6.92 Å². The van der Waals surface area contributed by atoms with E-state index >= 15 is 0 Å². The van der Waals surface area contributed by atoms with Gasteiger partial charge in [0.25, 0.3) is 0 Å². The van der Waals surface area contributed by atoms with Crippen LogP contribution >= 0.6 is 11.6 Å². The summed E-state index contributed by atoms with van der Waals surface area (Å²) < 4.78 is 7.40. The highest BCUT2D eigenvalue weighted by Crippen LogP contribution is 2.25. The largest absolute Gasteiger partial charge is 0.476 e. The molecule has 3 aromatic rings. The first-order valence-corrected chi connectivity index (χ1v) is 11.5. The number of aldehydes is 1. The Balaban J connectivity index is 1.39. The van der Waals surface area contributed by atoms with Crippen LogP contribution in [0.25, 0.3) is 0 Å². The lowest BCUT2D eigenvalue weighted by Gasteiger charge is -2.42. The van der Waals surface area contributed by atoms with Crippen molar-refractivity contribution in [3.63, 3.8) is 0 Å². The molecule has 0 aliphatic carbocycles. The number of nitrogens with zero attached hydrogens (tertiary/aromatic N) is 4. The topological polar surface area (TPSA) is 87.9 Å². The lowest BCUT2D eigenvalue weighted by molar-refractivity contribution is -0.118. The third-order valence-corrected chi connectivity index (χ3v) is 6.22. The number of carboxylic acids is 1. The zero-order valence-corrected chi connectivity index (χ0v) is 19.9. The number of rotatable bonds is 8. The maximum atomic E-state index is 11.9. The van der Waals surface area contributed by atoms with E-state index in [0.717, 1.165) is 43.0 Å². The molecule has 2 aromatic carbocycles. The highest BCUT2D eigenvalue weighted by atomic mass is 35.5. The molecular formula is C25H27ClN4O4. The number of benzene rings is 2. The molecule has 1 fully saturated rings. The standard InChI is InChI=1S/C25H27ClN4O4/c1-17-13-30(27-24(17)25(32)33)23(16-31)29-11-10-28(14-18(29)2)15-19-4-3-5-22(12-19)34-21-8-6-20(26)7-9-21/h3-9,12-13,16,18,23H,10-11,14-15H2,1-2H3,(H,32,33)/t18-,23?/m0/s1. The van der Waals surface area contributed by atoms with Crippen molar-refractivity contribution in [1.29, 1.82) is 0 Å². The molecule has 0 bridgehead atoms. The number of carbonyl (C=O) groups excluding carboxylic acids is 1. The average Bonchev–Trinajstić information content (AvgIpc) is 3.19. The summed E-state index contributed by atoms with van der Waals surface area (Å²) in [6.07, 6.45) is 1.80. The first-order chi connectivity index (χ1) is 16.3. The van der Waals surface area contributed by atoms with E-state index in [4.69, 9.17) is 16.3 Å². The zero-order chi connectivity index (χ0) is 24.2. The van der Waals surface area contributed by atoms with Gasteiger partial charge >= 0.3 is 5.97 Å². The minimum absolute atomic E-state index is 0.0289. The summed E-state index contributed by atoms with van der Waals surface area (Å²) in [4.78, 5) is 27.7.